The van der Waals surface area contributed by atoms with E-state index in [9.17, 15) is 8.78 Å². The summed E-state index contributed by atoms with van der Waals surface area (Å²) in [6.07, 6.45) is -2.46. The van der Waals surface area contributed by atoms with Gasteiger partial charge in [-0.15, -0.1) is 0 Å². The highest BCUT2D eigenvalue weighted by molar-refractivity contribution is 9.10. The van der Waals surface area contributed by atoms with Crippen LogP contribution in [0.2, 0.25) is 0 Å². The fourth-order valence-electron chi connectivity index (χ4n) is 1.47. The fourth-order valence-corrected chi connectivity index (χ4v) is 1.97. The van der Waals surface area contributed by atoms with E-state index in [-0.39, 0.29) is 19.8 Å². The number of hydrogen-bond donors (Lipinski definition) is 2. The average Bonchev–Trinajstić information content (AvgIpc) is 2.28. The van der Waals surface area contributed by atoms with Crippen LogP contribution in [-0.2, 0) is 6.61 Å². The second-order valence-electron chi connectivity index (χ2n) is 3.49. The summed E-state index contributed by atoms with van der Waals surface area (Å²) >= 11 is 3.26. The smallest absolute Gasteiger partial charge is 0.255 e. The minimum absolute atomic E-state index is 0.115. The summed E-state index contributed by atoms with van der Waals surface area (Å²) in [6, 6.07) is 4.97. The maximum Gasteiger partial charge on any atom is 0.255 e. The molecular weight excluding hydrogens is 296 g/mol. The second-order valence-corrected chi connectivity index (χ2v) is 4.35. The molecule has 17 heavy (non-hydrogen) atoms. The Bertz CT molecular complexity index is 363. The molecule has 0 radical (unpaired) electrons. The Morgan fingerprint density at radius 1 is 1.29 bits per heavy atom. The van der Waals surface area contributed by atoms with Crippen molar-refractivity contribution >= 4 is 21.6 Å². The van der Waals surface area contributed by atoms with E-state index in [1.807, 2.05) is 0 Å². The van der Waals surface area contributed by atoms with Crippen LogP contribution in [0.25, 0.3) is 0 Å². The van der Waals surface area contributed by atoms with Crippen LogP contribution in [0.4, 0.5) is 14.5 Å². The SMILES string of the molecule is OCCN(CC(F)F)c1ccc(CO)c(Br)c1. The quantitative estimate of drug-likeness (QED) is 0.845. The molecule has 1 aromatic rings. The molecule has 0 bridgehead atoms. The van der Waals surface area contributed by atoms with E-state index < -0.39 is 13.0 Å². The molecule has 96 valence electrons. The third kappa shape index (κ3) is 4.22. The predicted octanol–water partition coefficient (Wildman–Crippen LogP) is 2.01. The first kappa shape index (κ1) is 14.3. The van der Waals surface area contributed by atoms with E-state index in [0.29, 0.717) is 15.7 Å². The number of alkyl halides is 2. The minimum Gasteiger partial charge on any atom is -0.395 e. The lowest BCUT2D eigenvalue weighted by Crippen LogP contribution is -2.31. The molecule has 0 saturated heterocycles. The number of anilines is 1. The van der Waals surface area contributed by atoms with Gasteiger partial charge in [0.25, 0.3) is 6.43 Å². The van der Waals surface area contributed by atoms with Crippen LogP contribution in [0.3, 0.4) is 0 Å². The summed E-state index contributed by atoms with van der Waals surface area (Å²) in [5, 5.41) is 17.8. The summed E-state index contributed by atoms with van der Waals surface area (Å²) in [7, 11) is 0. The Balaban J connectivity index is 2.89. The molecule has 2 N–H and O–H groups in total. The van der Waals surface area contributed by atoms with E-state index in [2.05, 4.69) is 15.9 Å². The Kier molecular flexibility index (Phi) is 5.80. The molecule has 1 aromatic carbocycles. The van der Waals surface area contributed by atoms with Gasteiger partial charge in [-0.3, -0.25) is 0 Å². The minimum atomic E-state index is -2.46. The maximum atomic E-state index is 12.4. The average molecular weight is 310 g/mol. The molecule has 0 aliphatic carbocycles. The molecule has 0 aromatic heterocycles. The van der Waals surface area contributed by atoms with Gasteiger partial charge in [0, 0.05) is 16.7 Å². The van der Waals surface area contributed by atoms with Crippen LogP contribution in [-0.4, -0.2) is 36.3 Å². The van der Waals surface area contributed by atoms with Crippen molar-refractivity contribution < 1.29 is 19.0 Å². The van der Waals surface area contributed by atoms with Gasteiger partial charge in [-0.2, -0.15) is 0 Å². The van der Waals surface area contributed by atoms with Crippen LogP contribution in [0, 0.1) is 0 Å². The lowest BCUT2D eigenvalue weighted by molar-refractivity contribution is 0.153. The first-order chi connectivity index (χ1) is 8.08. The molecule has 6 heteroatoms. The van der Waals surface area contributed by atoms with Gasteiger partial charge in [-0.05, 0) is 17.7 Å². The van der Waals surface area contributed by atoms with Crippen molar-refractivity contribution in [3.05, 3.63) is 28.2 Å². The third-order valence-electron chi connectivity index (χ3n) is 2.30. The Morgan fingerprint density at radius 2 is 2.00 bits per heavy atom. The van der Waals surface area contributed by atoms with Crippen molar-refractivity contribution in [3.63, 3.8) is 0 Å². The van der Waals surface area contributed by atoms with Crippen LogP contribution in [0.1, 0.15) is 5.56 Å². The Hall–Kier alpha value is -0.720. The van der Waals surface area contributed by atoms with Crippen LogP contribution in [0.15, 0.2) is 22.7 Å². The van der Waals surface area contributed by atoms with E-state index in [0.717, 1.165) is 0 Å². The summed E-state index contributed by atoms with van der Waals surface area (Å²) in [5.74, 6) is 0. The largest absolute Gasteiger partial charge is 0.395 e. The zero-order valence-corrected chi connectivity index (χ0v) is 10.7. The lowest BCUT2D eigenvalue weighted by atomic mass is 10.2. The number of halogens is 3. The molecule has 0 aliphatic heterocycles. The van der Waals surface area contributed by atoms with E-state index in [1.165, 1.54) is 4.90 Å². The first-order valence-corrected chi connectivity index (χ1v) is 5.91. The van der Waals surface area contributed by atoms with Crippen molar-refractivity contribution in [2.24, 2.45) is 0 Å². The molecule has 0 heterocycles. The highest BCUT2D eigenvalue weighted by Gasteiger charge is 2.13. The number of hydrogen-bond acceptors (Lipinski definition) is 3. The number of aliphatic hydroxyl groups is 2. The molecule has 0 aliphatic rings. The monoisotopic (exact) mass is 309 g/mol. The molecule has 0 atom stereocenters. The van der Waals surface area contributed by atoms with Crippen molar-refractivity contribution in [2.75, 3.05) is 24.6 Å². The summed E-state index contributed by atoms with van der Waals surface area (Å²) in [4.78, 5) is 1.40. The number of benzene rings is 1. The van der Waals surface area contributed by atoms with Gasteiger partial charge in [0.1, 0.15) is 0 Å². The summed E-state index contributed by atoms with van der Waals surface area (Å²) in [6.45, 7) is -0.581. The van der Waals surface area contributed by atoms with Crippen molar-refractivity contribution in [1.82, 2.24) is 0 Å². The van der Waals surface area contributed by atoms with Crippen LogP contribution < -0.4 is 4.90 Å². The molecule has 3 nitrogen and oxygen atoms in total. The third-order valence-corrected chi connectivity index (χ3v) is 3.04. The van der Waals surface area contributed by atoms with Crippen LogP contribution in [0.5, 0.6) is 0 Å². The number of aliphatic hydroxyl groups excluding tert-OH is 2. The normalized spacial score (nSPS) is 10.9. The van der Waals surface area contributed by atoms with Gasteiger partial charge < -0.3 is 15.1 Å². The van der Waals surface area contributed by atoms with Gasteiger partial charge in [-0.25, -0.2) is 8.78 Å². The van der Waals surface area contributed by atoms with Crippen molar-refractivity contribution in [3.8, 4) is 0 Å². The van der Waals surface area contributed by atoms with Crippen molar-refractivity contribution in [2.45, 2.75) is 13.0 Å². The van der Waals surface area contributed by atoms with Crippen LogP contribution >= 0.6 is 15.9 Å². The lowest BCUT2D eigenvalue weighted by Gasteiger charge is -2.24. The van der Waals surface area contributed by atoms with Gasteiger partial charge in [-0.1, -0.05) is 22.0 Å². The van der Waals surface area contributed by atoms with Crippen molar-refractivity contribution in [1.29, 1.82) is 0 Å². The molecular formula is C11H14BrF2NO2. The highest BCUT2D eigenvalue weighted by Crippen LogP contribution is 2.24. The zero-order chi connectivity index (χ0) is 12.8. The molecule has 0 amide bonds. The van der Waals surface area contributed by atoms with E-state index in [1.54, 1.807) is 18.2 Å². The van der Waals surface area contributed by atoms with Gasteiger partial charge >= 0.3 is 0 Å². The van der Waals surface area contributed by atoms with Gasteiger partial charge in [0.05, 0.1) is 19.8 Å². The molecule has 0 spiro atoms. The Labute approximate surface area is 107 Å². The molecule has 0 unspecified atom stereocenters. The molecule has 1 rings (SSSR count). The summed E-state index contributed by atoms with van der Waals surface area (Å²) in [5.41, 5.74) is 1.28. The molecule has 0 saturated carbocycles. The second kappa shape index (κ2) is 6.88. The summed E-state index contributed by atoms with van der Waals surface area (Å²) < 4.78 is 25.4. The highest BCUT2D eigenvalue weighted by atomic mass is 79.9. The first-order valence-electron chi connectivity index (χ1n) is 5.11. The van der Waals surface area contributed by atoms with E-state index in [4.69, 9.17) is 10.2 Å². The fraction of sp³-hybridized carbons (Fsp3) is 0.455. The Morgan fingerprint density at radius 3 is 2.47 bits per heavy atom. The zero-order valence-electron chi connectivity index (χ0n) is 9.11. The van der Waals surface area contributed by atoms with Gasteiger partial charge in [0.2, 0.25) is 0 Å². The number of rotatable bonds is 6. The van der Waals surface area contributed by atoms with E-state index >= 15 is 0 Å². The van der Waals surface area contributed by atoms with Gasteiger partial charge in [0.15, 0.2) is 0 Å². The maximum absolute atomic E-state index is 12.4. The predicted molar refractivity (Wildman–Crippen MR) is 65.4 cm³/mol. The molecule has 0 fully saturated rings. The number of nitrogens with zero attached hydrogens (tertiary/aromatic N) is 1. The topological polar surface area (TPSA) is 43.7 Å². The standard InChI is InChI=1S/C11H14BrF2NO2/c12-10-5-9(2-1-8(10)7-17)15(3-4-16)6-11(13)14/h1-2,5,11,16-17H,3-4,6-7H2.